The minimum absolute atomic E-state index is 0.272. The second kappa shape index (κ2) is 7.59. The standard InChI is InChI=1S/C28H24O3/c1-19-11-13-20(14-12-19)28(21-15-17-22(18-16-21)31-27(29)30-2)25-9-5-3-7-23(25)24-8-4-6-10-26(24)28/h3-13,15-18,20H,14H2,1-2H3. The molecule has 5 rings (SSSR count). The number of allylic oxidation sites excluding steroid dienone is 4. The van der Waals surface area contributed by atoms with Gasteiger partial charge in [0.2, 0.25) is 0 Å². The Hall–Kier alpha value is -3.59. The molecule has 0 N–H and O–H groups in total. The Morgan fingerprint density at radius 1 is 0.903 bits per heavy atom. The SMILES string of the molecule is COC(=O)Oc1ccc(C2(C3C=CC(C)=CC3)c3ccccc3-c3ccccc32)cc1. The van der Waals surface area contributed by atoms with E-state index in [2.05, 4.69) is 90.6 Å². The van der Waals surface area contributed by atoms with Crippen molar-refractivity contribution in [2.75, 3.05) is 7.11 Å². The van der Waals surface area contributed by atoms with E-state index in [0.717, 1.165) is 6.42 Å². The van der Waals surface area contributed by atoms with E-state index < -0.39 is 6.16 Å². The van der Waals surface area contributed by atoms with Gasteiger partial charge in [0.15, 0.2) is 0 Å². The van der Waals surface area contributed by atoms with Crippen LogP contribution in [-0.4, -0.2) is 13.3 Å². The van der Waals surface area contributed by atoms with Crippen molar-refractivity contribution < 1.29 is 14.3 Å². The number of carbonyl (C=O) groups is 1. The lowest BCUT2D eigenvalue weighted by atomic mass is 9.62. The van der Waals surface area contributed by atoms with Crippen molar-refractivity contribution in [1.82, 2.24) is 0 Å². The maximum absolute atomic E-state index is 11.5. The molecule has 0 aromatic heterocycles. The zero-order chi connectivity index (χ0) is 21.4. The fraction of sp³-hybridized carbons (Fsp3) is 0.179. The molecule has 3 heteroatoms. The van der Waals surface area contributed by atoms with Crippen molar-refractivity contribution in [2.45, 2.75) is 18.8 Å². The van der Waals surface area contributed by atoms with E-state index in [4.69, 9.17) is 4.74 Å². The topological polar surface area (TPSA) is 35.5 Å². The summed E-state index contributed by atoms with van der Waals surface area (Å²) in [5.74, 6) is 0.744. The minimum Gasteiger partial charge on any atom is -0.437 e. The molecule has 0 spiro atoms. The van der Waals surface area contributed by atoms with Gasteiger partial charge in [-0.3, -0.25) is 0 Å². The van der Waals surface area contributed by atoms with Crippen molar-refractivity contribution in [2.24, 2.45) is 5.92 Å². The summed E-state index contributed by atoms with van der Waals surface area (Å²) in [5, 5.41) is 0. The first-order valence-corrected chi connectivity index (χ1v) is 10.6. The molecular weight excluding hydrogens is 384 g/mol. The summed E-state index contributed by atoms with van der Waals surface area (Å²) in [7, 11) is 1.31. The first-order valence-electron chi connectivity index (χ1n) is 10.6. The van der Waals surface area contributed by atoms with E-state index in [1.807, 2.05) is 12.1 Å². The molecule has 0 aliphatic heterocycles. The van der Waals surface area contributed by atoms with E-state index in [9.17, 15) is 4.79 Å². The molecule has 2 aliphatic carbocycles. The molecule has 3 aromatic rings. The molecule has 0 bridgehead atoms. The molecule has 0 heterocycles. The molecule has 0 fully saturated rings. The van der Waals surface area contributed by atoms with Crippen LogP contribution < -0.4 is 4.74 Å². The smallest absolute Gasteiger partial charge is 0.437 e. The molecule has 0 saturated heterocycles. The van der Waals surface area contributed by atoms with Gasteiger partial charge in [0.25, 0.3) is 0 Å². The zero-order valence-corrected chi connectivity index (χ0v) is 17.7. The Morgan fingerprint density at radius 2 is 1.52 bits per heavy atom. The summed E-state index contributed by atoms with van der Waals surface area (Å²) in [6, 6.07) is 25.3. The van der Waals surface area contributed by atoms with Crippen LogP contribution in [0, 0.1) is 5.92 Å². The zero-order valence-electron chi connectivity index (χ0n) is 17.7. The Balaban J connectivity index is 1.73. The number of benzene rings is 3. The van der Waals surface area contributed by atoms with Gasteiger partial charge in [-0.2, -0.15) is 0 Å². The molecule has 0 radical (unpaired) electrons. The average molecular weight is 408 g/mol. The maximum Gasteiger partial charge on any atom is 0.513 e. The number of methoxy groups -OCH3 is 1. The molecule has 1 unspecified atom stereocenters. The monoisotopic (exact) mass is 408 g/mol. The van der Waals surface area contributed by atoms with E-state index in [1.54, 1.807) is 0 Å². The first-order chi connectivity index (χ1) is 15.1. The minimum atomic E-state index is -0.713. The van der Waals surface area contributed by atoms with Gasteiger partial charge < -0.3 is 9.47 Å². The number of hydrogen-bond donors (Lipinski definition) is 0. The van der Waals surface area contributed by atoms with Crippen LogP contribution in [0.5, 0.6) is 5.75 Å². The largest absolute Gasteiger partial charge is 0.513 e. The van der Waals surface area contributed by atoms with Gasteiger partial charge in [-0.15, -0.1) is 0 Å². The van der Waals surface area contributed by atoms with Crippen molar-refractivity contribution in [3.8, 4) is 16.9 Å². The number of fused-ring (bicyclic) bond motifs is 3. The average Bonchev–Trinajstić information content (AvgIpc) is 3.11. The van der Waals surface area contributed by atoms with Crippen LogP contribution >= 0.6 is 0 Å². The van der Waals surface area contributed by atoms with E-state index in [-0.39, 0.29) is 11.3 Å². The summed E-state index contributed by atoms with van der Waals surface area (Å²) in [5.41, 5.74) is 7.38. The highest BCUT2D eigenvalue weighted by molar-refractivity contribution is 5.84. The van der Waals surface area contributed by atoms with Crippen molar-refractivity contribution in [3.63, 3.8) is 0 Å². The van der Waals surface area contributed by atoms with Crippen LogP contribution in [0.4, 0.5) is 4.79 Å². The van der Waals surface area contributed by atoms with Crippen molar-refractivity contribution >= 4 is 6.16 Å². The second-order valence-corrected chi connectivity index (χ2v) is 8.13. The number of rotatable bonds is 3. The maximum atomic E-state index is 11.5. The normalized spacial score (nSPS) is 18.0. The van der Waals surface area contributed by atoms with Crippen LogP contribution in [0.2, 0.25) is 0 Å². The molecule has 1 atom stereocenters. The molecule has 154 valence electrons. The number of hydrogen-bond acceptors (Lipinski definition) is 3. The Labute approximate surface area is 182 Å². The van der Waals surface area contributed by atoms with E-state index >= 15 is 0 Å². The van der Waals surface area contributed by atoms with Gasteiger partial charge in [-0.25, -0.2) is 4.79 Å². The summed E-state index contributed by atoms with van der Waals surface area (Å²) < 4.78 is 9.85. The third kappa shape index (κ3) is 3.00. The summed E-state index contributed by atoms with van der Waals surface area (Å²) in [4.78, 5) is 11.5. The van der Waals surface area contributed by atoms with Crippen molar-refractivity contribution in [3.05, 3.63) is 113 Å². The molecular formula is C28H24O3. The fourth-order valence-corrected chi connectivity index (χ4v) is 5.17. The van der Waals surface area contributed by atoms with Gasteiger partial charge in [-0.05, 0) is 59.2 Å². The van der Waals surface area contributed by atoms with Gasteiger partial charge in [0, 0.05) is 0 Å². The van der Waals surface area contributed by atoms with Crippen LogP contribution in [0.3, 0.4) is 0 Å². The molecule has 0 saturated carbocycles. The molecule has 3 nitrogen and oxygen atoms in total. The molecule has 0 amide bonds. The van der Waals surface area contributed by atoms with Gasteiger partial charge in [0.1, 0.15) is 5.75 Å². The lowest BCUT2D eigenvalue weighted by Crippen LogP contribution is -2.35. The highest BCUT2D eigenvalue weighted by atomic mass is 16.7. The summed E-state index contributed by atoms with van der Waals surface area (Å²) >= 11 is 0. The number of ether oxygens (including phenoxy) is 2. The highest BCUT2D eigenvalue weighted by Crippen LogP contribution is 2.57. The van der Waals surface area contributed by atoms with Crippen LogP contribution in [-0.2, 0) is 10.2 Å². The fourth-order valence-electron chi connectivity index (χ4n) is 5.17. The summed E-state index contributed by atoms with van der Waals surface area (Å²) in [6.07, 6.45) is 7.16. The molecule has 31 heavy (non-hydrogen) atoms. The number of carbonyl (C=O) groups excluding carboxylic acids is 1. The van der Waals surface area contributed by atoms with Gasteiger partial charge >= 0.3 is 6.16 Å². The van der Waals surface area contributed by atoms with Crippen LogP contribution in [0.15, 0.2) is 96.6 Å². The van der Waals surface area contributed by atoms with E-state index in [1.165, 1.54) is 40.5 Å². The Bertz CT molecular complexity index is 1160. The molecule has 3 aromatic carbocycles. The lowest BCUT2D eigenvalue weighted by Gasteiger charge is -2.40. The van der Waals surface area contributed by atoms with Crippen LogP contribution in [0.1, 0.15) is 30.0 Å². The van der Waals surface area contributed by atoms with E-state index in [0.29, 0.717) is 5.75 Å². The van der Waals surface area contributed by atoms with Crippen molar-refractivity contribution in [1.29, 1.82) is 0 Å². The quantitative estimate of drug-likeness (QED) is 0.359. The first kappa shape index (κ1) is 19.4. The predicted molar refractivity (Wildman–Crippen MR) is 122 cm³/mol. The molecule has 2 aliphatic rings. The summed E-state index contributed by atoms with van der Waals surface area (Å²) in [6.45, 7) is 2.15. The van der Waals surface area contributed by atoms with Gasteiger partial charge in [0.05, 0.1) is 12.5 Å². The highest BCUT2D eigenvalue weighted by Gasteiger charge is 2.48. The predicted octanol–water partition coefficient (Wildman–Crippen LogP) is 6.67. The lowest BCUT2D eigenvalue weighted by molar-refractivity contribution is 0.121. The van der Waals surface area contributed by atoms with Crippen LogP contribution in [0.25, 0.3) is 11.1 Å². The van der Waals surface area contributed by atoms with Gasteiger partial charge in [-0.1, -0.05) is 84.5 Å². The Kier molecular flexibility index (Phi) is 4.74. The third-order valence-electron chi connectivity index (χ3n) is 6.51. The third-order valence-corrected chi connectivity index (χ3v) is 6.51. The Morgan fingerprint density at radius 3 is 2.06 bits per heavy atom. The second-order valence-electron chi connectivity index (χ2n) is 8.13.